The van der Waals surface area contributed by atoms with Gasteiger partial charge in [0.05, 0.1) is 22.5 Å². The third-order valence-electron chi connectivity index (χ3n) is 2.74. The molecule has 0 aliphatic rings. The number of aromatic carboxylic acids is 1. The summed E-state index contributed by atoms with van der Waals surface area (Å²) >= 11 is 3.24. The first kappa shape index (κ1) is 14.3. The van der Waals surface area contributed by atoms with Gasteiger partial charge in [0.1, 0.15) is 0 Å². The number of nitrogens with one attached hydrogen (secondary N) is 1. The van der Waals surface area contributed by atoms with E-state index in [4.69, 9.17) is 5.11 Å². The van der Waals surface area contributed by atoms with E-state index in [9.17, 15) is 9.59 Å². The maximum atomic E-state index is 12.2. The van der Waals surface area contributed by atoms with Gasteiger partial charge in [0.25, 0.3) is 5.91 Å². The summed E-state index contributed by atoms with van der Waals surface area (Å²) in [5.41, 5.74) is 1.23. The van der Waals surface area contributed by atoms with Crippen molar-refractivity contribution in [2.24, 2.45) is 7.05 Å². The number of rotatable bonds is 3. The molecule has 1 heterocycles. The van der Waals surface area contributed by atoms with Crippen molar-refractivity contribution >= 4 is 33.5 Å². The Morgan fingerprint density at radius 1 is 1.35 bits per heavy atom. The summed E-state index contributed by atoms with van der Waals surface area (Å²) in [6.07, 6.45) is 1.59. The van der Waals surface area contributed by atoms with Crippen LogP contribution < -0.4 is 5.32 Å². The third-order valence-corrected chi connectivity index (χ3v) is 3.40. The second-order valence-corrected chi connectivity index (χ2v) is 5.08. The van der Waals surface area contributed by atoms with E-state index in [1.165, 1.54) is 10.7 Å². The van der Waals surface area contributed by atoms with Crippen molar-refractivity contribution in [1.29, 1.82) is 0 Å². The van der Waals surface area contributed by atoms with E-state index in [0.717, 1.165) is 0 Å². The molecule has 7 heteroatoms. The van der Waals surface area contributed by atoms with Gasteiger partial charge >= 0.3 is 5.97 Å². The molecule has 104 valence electrons. The lowest BCUT2D eigenvalue weighted by molar-refractivity contribution is 0.0698. The maximum Gasteiger partial charge on any atom is 0.337 e. The van der Waals surface area contributed by atoms with E-state index < -0.39 is 11.9 Å². The van der Waals surface area contributed by atoms with Crippen LogP contribution in [0, 0.1) is 6.92 Å². The lowest BCUT2D eigenvalue weighted by atomic mass is 10.1. The van der Waals surface area contributed by atoms with Crippen molar-refractivity contribution in [2.45, 2.75) is 6.92 Å². The van der Waals surface area contributed by atoms with Gasteiger partial charge in [-0.1, -0.05) is 6.07 Å². The molecule has 0 bridgehead atoms. The van der Waals surface area contributed by atoms with Gasteiger partial charge in [0.2, 0.25) is 0 Å². The third kappa shape index (κ3) is 2.72. The number of carbonyl (C=O) groups is 2. The molecule has 20 heavy (non-hydrogen) atoms. The van der Waals surface area contributed by atoms with Gasteiger partial charge < -0.3 is 10.4 Å². The zero-order valence-corrected chi connectivity index (χ0v) is 12.4. The number of carbonyl (C=O) groups excluding carboxylic acids is 1. The molecule has 1 amide bonds. The van der Waals surface area contributed by atoms with Crippen molar-refractivity contribution in [3.8, 4) is 0 Å². The number of anilines is 1. The predicted molar refractivity (Wildman–Crippen MR) is 77.0 cm³/mol. The number of benzene rings is 1. The monoisotopic (exact) mass is 337 g/mol. The van der Waals surface area contributed by atoms with E-state index in [0.29, 0.717) is 15.7 Å². The van der Waals surface area contributed by atoms with Gasteiger partial charge in [-0.15, -0.1) is 0 Å². The molecular weight excluding hydrogens is 326 g/mol. The van der Waals surface area contributed by atoms with Crippen LogP contribution in [0.25, 0.3) is 0 Å². The van der Waals surface area contributed by atoms with E-state index in [2.05, 4.69) is 26.3 Å². The van der Waals surface area contributed by atoms with Crippen LogP contribution in [-0.4, -0.2) is 26.8 Å². The molecule has 2 aromatic rings. The molecule has 1 aromatic heterocycles. The van der Waals surface area contributed by atoms with E-state index in [-0.39, 0.29) is 11.3 Å². The topological polar surface area (TPSA) is 84.2 Å². The van der Waals surface area contributed by atoms with Crippen LogP contribution in [0.3, 0.4) is 0 Å². The minimum Gasteiger partial charge on any atom is -0.478 e. The molecule has 2 rings (SSSR count). The van der Waals surface area contributed by atoms with Gasteiger partial charge in [0.15, 0.2) is 0 Å². The smallest absolute Gasteiger partial charge is 0.337 e. The highest BCUT2D eigenvalue weighted by Gasteiger charge is 2.18. The lowest BCUT2D eigenvalue weighted by Gasteiger charge is -2.10. The molecule has 0 aliphatic heterocycles. The zero-order chi connectivity index (χ0) is 14.9. The summed E-state index contributed by atoms with van der Waals surface area (Å²) in [7, 11) is 1.71. The molecule has 6 nitrogen and oxygen atoms in total. The van der Waals surface area contributed by atoms with Gasteiger partial charge in [-0.25, -0.2) is 4.79 Å². The van der Waals surface area contributed by atoms with E-state index in [1.54, 1.807) is 32.3 Å². The highest BCUT2D eigenvalue weighted by molar-refractivity contribution is 9.10. The Morgan fingerprint density at radius 2 is 2.05 bits per heavy atom. The second-order valence-electron chi connectivity index (χ2n) is 4.22. The Kier molecular flexibility index (Phi) is 3.89. The molecule has 2 N–H and O–H groups in total. The molecule has 0 fully saturated rings. The fraction of sp³-hybridized carbons (Fsp3) is 0.154. The number of halogens is 1. The van der Waals surface area contributed by atoms with Crippen LogP contribution in [0.5, 0.6) is 0 Å². The van der Waals surface area contributed by atoms with Gasteiger partial charge in [0, 0.05) is 17.7 Å². The number of hydrogen-bond donors (Lipinski definition) is 2. The standard InChI is InChI=1S/C13H12BrN3O3/c1-7-9(6-17(2)16-7)12(18)15-11-8(13(19)20)4-3-5-10(11)14/h3-6H,1-2H3,(H,15,18)(H,19,20). The Labute approximate surface area is 123 Å². The van der Waals surface area contributed by atoms with E-state index in [1.807, 2.05) is 0 Å². The van der Waals surface area contributed by atoms with Gasteiger partial charge in [-0.05, 0) is 35.0 Å². The Balaban J connectivity index is 2.37. The van der Waals surface area contributed by atoms with Crippen LogP contribution in [0.2, 0.25) is 0 Å². The number of carboxylic acids is 1. The number of hydrogen-bond acceptors (Lipinski definition) is 3. The largest absolute Gasteiger partial charge is 0.478 e. The second kappa shape index (κ2) is 5.46. The maximum absolute atomic E-state index is 12.2. The minimum atomic E-state index is -1.11. The normalized spacial score (nSPS) is 10.3. The first-order chi connectivity index (χ1) is 9.40. The average Bonchev–Trinajstić information content (AvgIpc) is 2.70. The van der Waals surface area contributed by atoms with Crippen molar-refractivity contribution in [3.63, 3.8) is 0 Å². The number of aryl methyl sites for hydroxylation is 2. The molecule has 1 aromatic carbocycles. The summed E-state index contributed by atoms with van der Waals surface area (Å²) in [6.45, 7) is 1.72. The molecule has 0 aliphatic carbocycles. The van der Waals surface area contributed by atoms with Gasteiger partial charge in [-0.2, -0.15) is 5.10 Å². The molecular formula is C13H12BrN3O3. The van der Waals surface area contributed by atoms with E-state index >= 15 is 0 Å². The molecule has 0 atom stereocenters. The number of carboxylic acid groups (broad SMARTS) is 1. The molecule has 0 unspecified atom stereocenters. The first-order valence-electron chi connectivity index (χ1n) is 5.73. The van der Waals surface area contributed by atoms with Gasteiger partial charge in [-0.3, -0.25) is 9.48 Å². The zero-order valence-electron chi connectivity index (χ0n) is 10.8. The number of amides is 1. The number of nitrogens with zero attached hydrogens (tertiary/aromatic N) is 2. The van der Waals surface area contributed by atoms with Crippen molar-refractivity contribution in [2.75, 3.05) is 5.32 Å². The Morgan fingerprint density at radius 3 is 2.60 bits per heavy atom. The SMILES string of the molecule is Cc1nn(C)cc1C(=O)Nc1c(Br)cccc1C(=O)O. The first-order valence-corrected chi connectivity index (χ1v) is 6.53. The minimum absolute atomic E-state index is 0.0225. The van der Waals surface area contributed by atoms with Crippen LogP contribution in [0.15, 0.2) is 28.9 Å². The molecule has 0 saturated carbocycles. The summed E-state index contributed by atoms with van der Waals surface area (Å²) in [5, 5.41) is 15.8. The Bertz CT molecular complexity index is 694. The van der Waals surface area contributed by atoms with Crippen LogP contribution in [0.4, 0.5) is 5.69 Å². The molecule has 0 spiro atoms. The summed E-state index contributed by atoms with van der Waals surface area (Å²) < 4.78 is 2.04. The summed E-state index contributed by atoms with van der Waals surface area (Å²) in [6, 6.07) is 4.69. The summed E-state index contributed by atoms with van der Waals surface area (Å²) in [4.78, 5) is 23.4. The highest BCUT2D eigenvalue weighted by atomic mass is 79.9. The molecule has 0 radical (unpaired) electrons. The van der Waals surface area contributed by atoms with Crippen LogP contribution >= 0.6 is 15.9 Å². The predicted octanol–water partition coefficient (Wildman–Crippen LogP) is 2.44. The highest BCUT2D eigenvalue weighted by Crippen LogP contribution is 2.27. The van der Waals surface area contributed by atoms with Crippen LogP contribution in [-0.2, 0) is 7.05 Å². The van der Waals surface area contributed by atoms with Crippen molar-refractivity contribution in [3.05, 3.63) is 45.7 Å². The number of para-hydroxylation sites is 1. The molecule has 0 saturated heterocycles. The fourth-order valence-corrected chi connectivity index (χ4v) is 2.30. The number of aromatic nitrogens is 2. The fourth-order valence-electron chi connectivity index (χ4n) is 1.83. The lowest BCUT2D eigenvalue weighted by Crippen LogP contribution is -2.15. The quantitative estimate of drug-likeness (QED) is 0.900. The Hall–Kier alpha value is -2.15. The summed E-state index contributed by atoms with van der Waals surface area (Å²) in [5.74, 6) is -1.51. The van der Waals surface area contributed by atoms with Crippen LogP contribution in [0.1, 0.15) is 26.4 Å². The van der Waals surface area contributed by atoms with Crippen molar-refractivity contribution in [1.82, 2.24) is 9.78 Å². The van der Waals surface area contributed by atoms with Crippen molar-refractivity contribution < 1.29 is 14.7 Å². The average molecular weight is 338 g/mol.